The Labute approximate surface area is 146 Å². The molecule has 104 valence electrons. The first-order valence-corrected chi connectivity index (χ1v) is 8.75. The molecular weight excluding hydrogens is 478 g/mol. The Bertz CT molecular complexity index is 570. The van der Waals surface area contributed by atoms with E-state index in [9.17, 15) is 0 Å². The number of benzene rings is 2. The lowest BCUT2D eigenvalue weighted by Gasteiger charge is -2.18. The summed E-state index contributed by atoms with van der Waals surface area (Å²) in [5, 5.41) is 0. The van der Waals surface area contributed by atoms with Gasteiger partial charge in [0.05, 0.1) is 13.2 Å². The zero-order valence-corrected chi connectivity index (χ0v) is 15.2. The normalized spacial score (nSPS) is 14.5. The summed E-state index contributed by atoms with van der Waals surface area (Å²) >= 11 is 4.64. The summed E-state index contributed by atoms with van der Waals surface area (Å²) in [6, 6.07) is 12.6. The van der Waals surface area contributed by atoms with Gasteiger partial charge in [0.15, 0.2) is 0 Å². The summed E-state index contributed by atoms with van der Waals surface area (Å²) in [6.07, 6.45) is 2.04. The van der Waals surface area contributed by atoms with Gasteiger partial charge in [0, 0.05) is 18.3 Å². The molecule has 1 heterocycles. The topological polar surface area (TPSA) is 18.5 Å². The predicted octanol–water partition coefficient (Wildman–Crippen LogP) is 5.11. The van der Waals surface area contributed by atoms with Gasteiger partial charge in [-0.3, -0.25) is 0 Å². The molecule has 0 saturated carbocycles. The molecule has 20 heavy (non-hydrogen) atoms. The van der Waals surface area contributed by atoms with E-state index in [-0.39, 0.29) is 0 Å². The maximum absolute atomic E-state index is 5.97. The van der Waals surface area contributed by atoms with Crippen LogP contribution in [0.15, 0.2) is 36.4 Å². The summed E-state index contributed by atoms with van der Waals surface area (Å²) < 4.78 is 14.3. The molecule has 0 saturated heterocycles. The fourth-order valence-corrected chi connectivity index (χ4v) is 3.17. The molecule has 0 unspecified atom stereocenters. The average molecular weight is 492 g/mol. The number of fused-ring (bicyclic) bond motifs is 3. The number of hydrogen-bond acceptors (Lipinski definition) is 2. The van der Waals surface area contributed by atoms with Crippen molar-refractivity contribution in [3.63, 3.8) is 0 Å². The molecule has 0 aromatic heterocycles. The minimum absolute atomic E-state index is 0.746. The molecule has 0 radical (unpaired) electrons. The van der Waals surface area contributed by atoms with Crippen LogP contribution in [-0.2, 0) is 0 Å². The molecule has 0 aliphatic carbocycles. The zero-order chi connectivity index (χ0) is 13.9. The first-order valence-electron chi connectivity index (χ1n) is 6.59. The highest BCUT2D eigenvalue weighted by atomic mass is 127. The third kappa shape index (κ3) is 3.21. The van der Waals surface area contributed by atoms with Crippen molar-refractivity contribution in [1.29, 1.82) is 0 Å². The van der Waals surface area contributed by atoms with E-state index in [1.54, 1.807) is 0 Å². The Morgan fingerprint density at radius 2 is 1.15 bits per heavy atom. The van der Waals surface area contributed by atoms with Crippen LogP contribution < -0.4 is 9.47 Å². The number of rotatable bonds is 0. The van der Waals surface area contributed by atoms with Crippen LogP contribution in [0.4, 0.5) is 0 Å². The van der Waals surface area contributed by atoms with E-state index >= 15 is 0 Å². The van der Waals surface area contributed by atoms with Crippen LogP contribution in [0.3, 0.4) is 0 Å². The number of ether oxygens (including phenoxy) is 2. The van der Waals surface area contributed by atoms with E-state index in [0.29, 0.717) is 0 Å². The Kier molecular flexibility index (Phi) is 4.70. The lowest BCUT2D eigenvalue weighted by Crippen LogP contribution is -2.06. The summed E-state index contributed by atoms with van der Waals surface area (Å²) in [5.74, 6) is 1.90. The van der Waals surface area contributed by atoms with Gasteiger partial charge in [-0.05, 0) is 94.4 Å². The molecular formula is C16H14I2O2. The molecule has 0 bridgehead atoms. The minimum Gasteiger partial charge on any atom is -0.493 e. The van der Waals surface area contributed by atoms with Crippen LogP contribution in [0.2, 0.25) is 0 Å². The Morgan fingerprint density at radius 3 is 1.60 bits per heavy atom. The smallest absolute Gasteiger partial charge is 0.128 e. The van der Waals surface area contributed by atoms with Gasteiger partial charge in [-0.25, -0.2) is 0 Å². The first-order chi connectivity index (χ1) is 9.74. The molecule has 0 N–H and O–H groups in total. The fourth-order valence-electron chi connectivity index (χ4n) is 2.24. The van der Waals surface area contributed by atoms with Gasteiger partial charge >= 0.3 is 0 Å². The molecule has 4 heteroatoms. The number of hydrogen-bond donors (Lipinski definition) is 0. The zero-order valence-electron chi connectivity index (χ0n) is 10.9. The molecule has 0 spiro atoms. The molecule has 2 nitrogen and oxygen atoms in total. The molecule has 0 atom stereocenters. The van der Waals surface area contributed by atoms with Crippen molar-refractivity contribution in [3.05, 3.63) is 43.5 Å². The van der Waals surface area contributed by atoms with E-state index in [0.717, 1.165) is 48.7 Å². The van der Waals surface area contributed by atoms with Gasteiger partial charge in [-0.1, -0.05) is 0 Å². The van der Waals surface area contributed by atoms with E-state index in [4.69, 9.17) is 9.47 Å². The molecule has 0 fully saturated rings. The van der Waals surface area contributed by atoms with E-state index < -0.39 is 0 Å². The highest BCUT2D eigenvalue weighted by Gasteiger charge is 2.14. The van der Waals surface area contributed by atoms with Gasteiger partial charge in [-0.2, -0.15) is 0 Å². The monoisotopic (exact) mass is 492 g/mol. The molecule has 2 aromatic rings. The van der Waals surface area contributed by atoms with Gasteiger partial charge in [-0.15, -0.1) is 0 Å². The van der Waals surface area contributed by atoms with Crippen molar-refractivity contribution in [2.24, 2.45) is 0 Å². The summed E-state index contributed by atoms with van der Waals surface area (Å²) in [6.45, 7) is 1.49. The van der Waals surface area contributed by atoms with Crippen molar-refractivity contribution in [2.45, 2.75) is 12.8 Å². The molecule has 2 aromatic carbocycles. The molecule has 3 rings (SSSR count). The van der Waals surface area contributed by atoms with E-state index in [1.807, 2.05) is 0 Å². The predicted molar refractivity (Wildman–Crippen MR) is 97.5 cm³/mol. The van der Waals surface area contributed by atoms with Crippen molar-refractivity contribution < 1.29 is 9.47 Å². The maximum atomic E-state index is 5.97. The lowest BCUT2D eigenvalue weighted by atomic mass is 10.0. The van der Waals surface area contributed by atoms with Crippen LogP contribution in [-0.4, -0.2) is 13.2 Å². The second-order valence-electron chi connectivity index (χ2n) is 4.68. The fraction of sp³-hybridized carbons (Fsp3) is 0.250. The largest absolute Gasteiger partial charge is 0.493 e. The Morgan fingerprint density at radius 1 is 0.700 bits per heavy atom. The third-order valence-electron chi connectivity index (χ3n) is 3.23. The van der Waals surface area contributed by atoms with Crippen LogP contribution in [0, 0.1) is 7.14 Å². The van der Waals surface area contributed by atoms with Crippen molar-refractivity contribution in [3.8, 4) is 22.6 Å². The Balaban J connectivity index is 2.15. The standard InChI is InChI=1S/C16H14I2O2/c17-11-3-5-13-14-6-4-12(18)10-16(14)20-8-2-1-7-19-15(13)9-11/h3-6,9-10H,1-2,7-8H2. The first kappa shape index (κ1) is 14.4. The summed E-state index contributed by atoms with van der Waals surface area (Å²) in [5.41, 5.74) is 2.22. The lowest BCUT2D eigenvalue weighted by molar-refractivity contribution is 0.263. The summed E-state index contributed by atoms with van der Waals surface area (Å²) in [4.78, 5) is 0. The SMILES string of the molecule is Ic1ccc2c(c1)OCCCCOc1cc(I)ccc1-2. The van der Waals surface area contributed by atoms with Crippen molar-refractivity contribution >= 4 is 45.2 Å². The molecule has 1 aliphatic heterocycles. The summed E-state index contributed by atoms with van der Waals surface area (Å²) in [7, 11) is 0. The molecule has 0 amide bonds. The third-order valence-corrected chi connectivity index (χ3v) is 4.57. The van der Waals surface area contributed by atoms with Crippen LogP contribution in [0.25, 0.3) is 11.1 Å². The second-order valence-corrected chi connectivity index (χ2v) is 7.18. The van der Waals surface area contributed by atoms with Crippen LogP contribution in [0.5, 0.6) is 11.5 Å². The highest BCUT2D eigenvalue weighted by Crippen LogP contribution is 2.38. The van der Waals surface area contributed by atoms with E-state index in [1.165, 1.54) is 7.14 Å². The van der Waals surface area contributed by atoms with Gasteiger partial charge in [0.2, 0.25) is 0 Å². The molecule has 1 aliphatic rings. The quantitative estimate of drug-likeness (QED) is 0.476. The van der Waals surface area contributed by atoms with Gasteiger partial charge < -0.3 is 9.47 Å². The maximum Gasteiger partial charge on any atom is 0.128 e. The minimum atomic E-state index is 0.746. The second kappa shape index (κ2) is 6.51. The van der Waals surface area contributed by atoms with Crippen molar-refractivity contribution in [1.82, 2.24) is 0 Å². The Hall–Kier alpha value is -0.500. The van der Waals surface area contributed by atoms with Crippen LogP contribution in [0.1, 0.15) is 12.8 Å². The van der Waals surface area contributed by atoms with Gasteiger partial charge in [0.1, 0.15) is 11.5 Å². The average Bonchev–Trinajstić information content (AvgIpc) is 2.44. The van der Waals surface area contributed by atoms with E-state index in [2.05, 4.69) is 81.6 Å². The highest BCUT2D eigenvalue weighted by molar-refractivity contribution is 14.1. The van der Waals surface area contributed by atoms with Crippen molar-refractivity contribution in [2.75, 3.05) is 13.2 Å². The van der Waals surface area contributed by atoms with Crippen LogP contribution >= 0.6 is 45.2 Å². The number of halogens is 2. The van der Waals surface area contributed by atoms with Gasteiger partial charge in [0.25, 0.3) is 0 Å².